The van der Waals surface area contributed by atoms with Crippen LogP contribution in [0.5, 0.6) is 11.5 Å². The zero-order chi connectivity index (χ0) is 19.5. The van der Waals surface area contributed by atoms with E-state index in [0.717, 1.165) is 35.4 Å². The highest BCUT2D eigenvalue weighted by Gasteiger charge is 2.22. The van der Waals surface area contributed by atoms with E-state index in [9.17, 15) is 0 Å². The summed E-state index contributed by atoms with van der Waals surface area (Å²) in [5.41, 5.74) is 1.87. The van der Waals surface area contributed by atoms with Gasteiger partial charge in [-0.15, -0.1) is 0 Å². The van der Waals surface area contributed by atoms with Crippen LogP contribution in [0.2, 0.25) is 0 Å². The number of quaternary nitrogens is 1. The van der Waals surface area contributed by atoms with Crippen molar-refractivity contribution in [1.29, 1.82) is 0 Å². The molecule has 0 saturated carbocycles. The largest absolute Gasteiger partial charge is 0.493 e. The van der Waals surface area contributed by atoms with Crippen LogP contribution in [0.1, 0.15) is 6.92 Å². The average Bonchev–Trinajstić information content (AvgIpc) is 2.77. The molecule has 1 aromatic heterocycles. The van der Waals surface area contributed by atoms with Gasteiger partial charge in [-0.2, -0.15) is 0 Å². The van der Waals surface area contributed by atoms with Crippen LogP contribution in [-0.2, 0) is 0 Å². The van der Waals surface area contributed by atoms with Crippen molar-refractivity contribution in [1.82, 2.24) is 4.58 Å². The van der Waals surface area contributed by atoms with Crippen LogP contribution in [-0.4, -0.2) is 46.9 Å². The van der Waals surface area contributed by atoms with Crippen LogP contribution in [0.4, 0.5) is 0 Å². The first-order valence-corrected chi connectivity index (χ1v) is 9.90. The molecule has 0 unspecified atom stereocenters. The second kappa shape index (κ2) is 8.07. The lowest BCUT2D eigenvalue weighted by molar-refractivity contribution is -0.900. The number of piperazine rings is 1. The van der Waals surface area contributed by atoms with Crippen molar-refractivity contribution in [2.75, 3.05) is 46.9 Å². The molecule has 146 valence electrons. The van der Waals surface area contributed by atoms with E-state index in [1.165, 1.54) is 25.0 Å². The summed E-state index contributed by atoms with van der Waals surface area (Å²) < 4.78 is 19.6. The van der Waals surface area contributed by atoms with Gasteiger partial charge in [-0.05, 0) is 37.3 Å². The number of rotatable bonds is 4. The first kappa shape index (κ1) is 18.6. The van der Waals surface area contributed by atoms with Gasteiger partial charge in [0, 0.05) is 5.56 Å². The zero-order valence-corrected chi connectivity index (χ0v) is 16.8. The Balaban J connectivity index is 1.88. The lowest BCUT2D eigenvalue weighted by Gasteiger charge is -2.21. The molecule has 1 aliphatic heterocycles. The van der Waals surface area contributed by atoms with Crippen LogP contribution >= 0.6 is 0 Å². The van der Waals surface area contributed by atoms with Crippen molar-refractivity contribution >= 4 is 11.0 Å². The fourth-order valence-corrected chi connectivity index (χ4v) is 3.93. The Kier molecular flexibility index (Phi) is 5.35. The lowest BCUT2D eigenvalue weighted by atomic mass is 10.1. The molecule has 1 aliphatic rings. The molecule has 1 saturated heterocycles. The van der Waals surface area contributed by atoms with Crippen LogP contribution in [0.25, 0.3) is 22.3 Å². The number of nitrogens with zero attached hydrogens (tertiary/aromatic N) is 1. The maximum absolute atomic E-state index is 6.27. The Hall–Kier alpha value is -2.79. The van der Waals surface area contributed by atoms with Crippen LogP contribution < -0.4 is 24.3 Å². The number of para-hydroxylation sites is 1. The van der Waals surface area contributed by atoms with Crippen molar-refractivity contribution in [2.24, 2.45) is 0 Å². The molecule has 0 radical (unpaired) electrons. The molecule has 28 heavy (non-hydrogen) atoms. The lowest BCUT2D eigenvalue weighted by Crippen LogP contribution is -3.14. The Labute approximate surface area is 165 Å². The smallest absolute Gasteiger partial charge is 0.215 e. The predicted molar refractivity (Wildman–Crippen MR) is 111 cm³/mol. The van der Waals surface area contributed by atoms with Gasteiger partial charge in [-0.1, -0.05) is 12.1 Å². The SMILES string of the molecule is CC[NH+]1CC[N+](=c2cc(-c3ccc(OC)c(OC)c3)oc3ccccc23)CC1. The normalized spacial score (nSPS) is 17.0. The highest BCUT2D eigenvalue weighted by molar-refractivity contribution is 5.78. The maximum atomic E-state index is 6.27. The number of methoxy groups -OCH3 is 2. The highest BCUT2D eigenvalue weighted by Crippen LogP contribution is 2.32. The summed E-state index contributed by atoms with van der Waals surface area (Å²) in [6.07, 6.45) is 0. The Morgan fingerprint density at radius 2 is 1.71 bits per heavy atom. The third kappa shape index (κ3) is 3.50. The minimum Gasteiger partial charge on any atom is -0.493 e. The number of hydrogen-bond acceptors (Lipinski definition) is 3. The van der Waals surface area contributed by atoms with Crippen LogP contribution in [0.3, 0.4) is 0 Å². The van der Waals surface area contributed by atoms with E-state index in [0.29, 0.717) is 11.5 Å². The molecule has 5 nitrogen and oxygen atoms in total. The standard InChI is InChI=1S/C23H27N2O3/c1-4-24-11-13-25(14-12-24)19-16-22(28-20-8-6-5-7-18(19)20)17-9-10-21(26-2)23(15-17)27-3/h5-10,15-16H,4,11-14H2,1-3H3/q+1/p+1. The summed E-state index contributed by atoms with van der Waals surface area (Å²) in [4.78, 5) is 1.67. The monoisotopic (exact) mass is 380 g/mol. The molecule has 2 aromatic carbocycles. The summed E-state index contributed by atoms with van der Waals surface area (Å²) in [5, 5.41) is 2.40. The molecule has 2 heterocycles. The van der Waals surface area contributed by atoms with Gasteiger partial charge < -0.3 is 18.8 Å². The zero-order valence-electron chi connectivity index (χ0n) is 16.8. The van der Waals surface area contributed by atoms with E-state index in [1.807, 2.05) is 30.3 Å². The van der Waals surface area contributed by atoms with E-state index < -0.39 is 0 Å². The quantitative estimate of drug-likeness (QED) is 0.702. The third-order valence-electron chi connectivity index (χ3n) is 5.63. The number of hydrogen-bond donors (Lipinski definition) is 1. The van der Waals surface area contributed by atoms with Crippen molar-refractivity contribution in [2.45, 2.75) is 6.92 Å². The van der Waals surface area contributed by atoms with Gasteiger partial charge in [-0.25, -0.2) is 4.58 Å². The van der Waals surface area contributed by atoms with Gasteiger partial charge in [0.2, 0.25) is 5.36 Å². The molecule has 4 rings (SSSR count). The van der Waals surface area contributed by atoms with E-state index in [-0.39, 0.29) is 0 Å². The minimum atomic E-state index is 0.699. The molecule has 0 spiro atoms. The van der Waals surface area contributed by atoms with Crippen molar-refractivity contribution < 1.29 is 18.8 Å². The molecule has 1 fully saturated rings. The second-order valence-corrected chi connectivity index (χ2v) is 7.15. The van der Waals surface area contributed by atoms with E-state index in [2.05, 4.69) is 29.7 Å². The summed E-state index contributed by atoms with van der Waals surface area (Å²) in [7, 11) is 3.30. The molecule has 1 N–H and O–H groups in total. The van der Waals surface area contributed by atoms with Crippen molar-refractivity contribution in [3.63, 3.8) is 0 Å². The van der Waals surface area contributed by atoms with E-state index in [4.69, 9.17) is 13.9 Å². The minimum absolute atomic E-state index is 0.699. The summed E-state index contributed by atoms with van der Waals surface area (Å²) >= 11 is 0. The highest BCUT2D eigenvalue weighted by atomic mass is 16.5. The van der Waals surface area contributed by atoms with Crippen LogP contribution in [0, 0.1) is 0 Å². The first-order chi connectivity index (χ1) is 13.7. The van der Waals surface area contributed by atoms with E-state index >= 15 is 0 Å². The van der Waals surface area contributed by atoms with Gasteiger partial charge in [0.15, 0.2) is 24.6 Å². The third-order valence-corrected chi connectivity index (χ3v) is 5.63. The van der Waals surface area contributed by atoms with Crippen LogP contribution in [0.15, 0.2) is 52.9 Å². The number of nitrogens with one attached hydrogen (secondary N) is 1. The molecule has 0 amide bonds. The molecular weight excluding hydrogens is 352 g/mol. The Morgan fingerprint density at radius 1 is 0.964 bits per heavy atom. The number of ether oxygens (including phenoxy) is 2. The van der Waals surface area contributed by atoms with Gasteiger partial charge in [0.05, 0.1) is 32.2 Å². The predicted octanol–water partition coefficient (Wildman–Crippen LogP) is 1.81. The molecule has 0 aliphatic carbocycles. The Bertz CT molecular complexity index is 1050. The first-order valence-electron chi connectivity index (χ1n) is 9.90. The summed E-state index contributed by atoms with van der Waals surface area (Å²) in [6, 6.07) is 16.3. The number of likely N-dealkylation sites (N-methyl/N-ethyl adjacent to an activating group) is 1. The van der Waals surface area contributed by atoms with E-state index in [1.54, 1.807) is 19.1 Å². The number of fused-ring (bicyclic) bond motifs is 1. The Morgan fingerprint density at radius 3 is 2.43 bits per heavy atom. The molecule has 5 heteroatoms. The molecule has 3 aromatic rings. The van der Waals surface area contributed by atoms with Gasteiger partial charge >= 0.3 is 0 Å². The number of benzene rings is 2. The van der Waals surface area contributed by atoms with Crippen molar-refractivity contribution in [3.05, 3.63) is 53.9 Å². The summed E-state index contributed by atoms with van der Waals surface area (Å²) in [6.45, 7) is 7.91. The summed E-state index contributed by atoms with van der Waals surface area (Å²) in [5.74, 6) is 2.25. The fraction of sp³-hybridized carbons (Fsp3) is 0.348. The molecule has 0 atom stereocenters. The molecule has 0 bridgehead atoms. The van der Waals surface area contributed by atoms with Gasteiger partial charge in [0.1, 0.15) is 24.4 Å². The van der Waals surface area contributed by atoms with Gasteiger partial charge in [0.25, 0.3) is 0 Å². The molecular formula is C23H28N2O3+2. The maximum Gasteiger partial charge on any atom is 0.215 e. The second-order valence-electron chi connectivity index (χ2n) is 7.15. The average molecular weight is 380 g/mol. The van der Waals surface area contributed by atoms with Crippen molar-refractivity contribution in [3.8, 4) is 22.8 Å². The topological polar surface area (TPSA) is 39.0 Å². The fourth-order valence-electron chi connectivity index (χ4n) is 3.93. The van der Waals surface area contributed by atoms with Gasteiger partial charge in [-0.3, -0.25) is 0 Å².